The number of piperidine rings is 1. The van der Waals surface area contributed by atoms with Crippen molar-refractivity contribution in [2.45, 2.75) is 25.2 Å². The van der Waals surface area contributed by atoms with E-state index in [2.05, 4.69) is 29.4 Å². The van der Waals surface area contributed by atoms with Gasteiger partial charge in [-0.05, 0) is 54.7 Å². The normalized spacial score (nSPS) is 19.2. The van der Waals surface area contributed by atoms with E-state index in [0.29, 0.717) is 36.2 Å². The molecule has 1 N–H and O–H groups in total. The molecule has 0 spiro atoms. The van der Waals surface area contributed by atoms with E-state index in [-0.39, 0.29) is 22.4 Å². The zero-order valence-corrected chi connectivity index (χ0v) is 19.5. The monoisotopic (exact) mass is 470 g/mol. The molecule has 1 aliphatic rings. The summed E-state index contributed by atoms with van der Waals surface area (Å²) in [6.07, 6.45) is 1.01. The van der Waals surface area contributed by atoms with Crippen molar-refractivity contribution >= 4 is 21.9 Å². The second kappa shape index (κ2) is 9.32. The van der Waals surface area contributed by atoms with Crippen LogP contribution < -0.4 is 10.1 Å². The van der Waals surface area contributed by atoms with Gasteiger partial charge in [0.05, 0.1) is 17.6 Å². The third-order valence-electron chi connectivity index (χ3n) is 5.57. The Kier molecular flexibility index (Phi) is 6.48. The van der Waals surface area contributed by atoms with Crippen LogP contribution in [0.3, 0.4) is 0 Å². The van der Waals surface area contributed by atoms with Gasteiger partial charge in [-0.3, -0.25) is 10.1 Å². The van der Waals surface area contributed by atoms with Crippen LogP contribution >= 0.6 is 0 Å². The summed E-state index contributed by atoms with van der Waals surface area (Å²) >= 11 is 0. The molecule has 4 rings (SSSR count). The number of carbonyl (C=O) groups is 1. The van der Waals surface area contributed by atoms with Crippen molar-refractivity contribution in [3.05, 3.63) is 54.1 Å². The van der Waals surface area contributed by atoms with Gasteiger partial charge in [-0.15, -0.1) is 5.10 Å². The molecule has 3 aromatic rings. The van der Waals surface area contributed by atoms with E-state index in [4.69, 9.17) is 9.15 Å². The molecule has 2 aromatic carbocycles. The zero-order valence-electron chi connectivity index (χ0n) is 18.7. The number of carbonyl (C=O) groups excluding carboxylic acids is 1. The zero-order chi connectivity index (χ0) is 23.6. The number of rotatable bonds is 6. The van der Waals surface area contributed by atoms with Gasteiger partial charge in [0.25, 0.3) is 11.8 Å². The van der Waals surface area contributed by atoms with Gasteiger partial charge in [0.1, 0.15) is 5.75 Å². The molecule has 0 unspecified atom stereocenters. The summed E-state index contributed by atoms with van der Waals surface area (Å²) in [4.78, 5) is 12.8. The number of sulfonamides is 1. The number of hydrogen-bond acceptors (Lipinski definition) is 7. The number of nitrogens with one attached hydrogen (secondary N) is 1. The van der Waals surface area contributed by atoms with Crippen molar-refractivity contribution in [2.24, 2.45) is 11.8 Å². The van der Waals surface area contributed by atoms with Gasteiger partial charge in [-0.1, -0.05) is 31.1 Å². The highest BCUT2D eigenvalue weighted by molar-refractivity contribution is 7.89. The Bertz CT molecular complexity index is 1230. The van der Waals surface area contributed by atoms with E-state index in [1.807, 2.05) is 6.07 Å². The Hall–Kier alpha value is -3.24. The van der Waals surface area contributed by atoms with Gasteiger partial charge in [-0.2, -0.15) is 4.31 Å². The highest BCUT2D eigenvalue weighted by atomic mass is 32.2. The number of aromatic nitrogens is 2. The van der Waals surface area contributed by atoms with E-state index in [9.17, 15) is 13.2 Å². The summed E-state index contributed by atoms with van der Waals surface area (Å²) in [6, 6.07) is 12.9. The number of para-hydroxylation sites is 1. The predicted molar refractivity (Wildman–Crippen MR) is 122 cm³/mol. The lowest BCUT2D eigenvalue weighted by atomic mass is 9.94. The summed E-state index contributed by atoms with van der Waals surface area (Å²) in [5.74, 6) is 0.893. The Balaban J connectivity index is 1.47. The third-order valence-corrected chi connectivity index (χ3v) is 7.42. The third kappa shape index (κ3) is 4.91. The van der Waals surface area contributed by atoms with Gasteiger partial charge in [-0.25, -0.2) is 8.42 Å². The first kappa shape index (κ1) is 22.9. The molecule has 10 heteroatoms. The smallest absolute Gasteiger partial charge is 0.322 e. The number of ether oxygens (including phenoxy) is 1. The summed E-state index contributed by atoms with van der Waals surface area (Å²) in [5, 5.41) is 10.4. The average molecular weight is 471 g/mol. The summed E-state index contributed by atoms with van der Waals surface area (Å²) < 4.78 is 38.4. The maximum Gasteiger partial charge on any atom is 0.322 e. The molecular formula is C23H26N4O5S. The molecule has 1 fully saturated rings. The van der Waals surface area contributed by atoms with Crippen LogP contribution in [0.25, 0.3) is 11.5 Å². The lowest BCUT2D eigenvalue weighted by Crippen LogP contribution is -2.42. The lowest BCUT2D eigenvalue weighted by Gasteiger charge is -2.34. The number of amides is 1. The molecule has 0 bridgehead atoms. The van der Waals surface area contributed by atoms with E-state index in [1.165, 1.54) is 35.7 Å². The molecule has 0 saturated carbocycles. The SMILES string of the molecule is COc1ccccc1-c1nnc(NC(=O)c2ccc(S(=O)(=O)N3C[C@H](C)C[C@H](C)C3)cc2)o1. The molecule has 1 saturated heterocycles. The quantitative estimate of drug-likeness (QED) is 0.585. The summed E-state index contributed by atoms with van der Waals surface area (Å²) in [6.45, 7) is 5.12. The second-order valence-electron chi connectivity index (χ2n) is 8.36. The fourth-order valence-electron chi connectivity index (χ4n) is 4.10. The molecule has 2 heterocycles. The first-order valence-corrected chi connectivity index (χ1v) is 12.1. The minimum absolute atomic E-state index is 0.0751. The van der Waals surface area contributed by atoms with E-state index >= 15 is 0 Å². The van der Waals surface area contributed by atoms with E-state index in [0.717, 1.165) is 6.42 Å². The van der Waals surface area contributed by atoms with Crippen LogP contribution in [-0.4, -0.2) is 49.0 Å². The van der Waals surface area contributed by atoms with Crippen molar-refractivity contribution in [1.29, 1.82) is 0 Å². The standard InChI is InChI=1S/C23H26N4O5S/c1-15-12-16(2)14-27(13-15)33(29,30)18-10-8-17(9-11-18)21(28)24-23-26-25-22(32-23)19-6-4-5-7-20(19)31-3/h4-11,15-16H,12-14H2,1-3H3,(H,24,26,28)/t15-,16+. The first-order valence-electron chi connectivity index (χ1n) is 10.7. The van der Waals surface area contributed by atoms with Crippen LogP contribution in [0.2, 0.25) is 0 Å². The fraction of sp³-hybridized carbons (Fsp3) is 0.348. The maximum atomic E-state index is 13.0. The molecule has 174 valence electrons. The fourth-order valence-corrected chi connectivity index (χ4v) is 5.78. The van der Waals surface area contributed by atoms with Crippen LogP contribution in [0.4, 0.5) is 6.01 Å². The van der Waals surface area contributed by atoms with Crippen LogP contribution in [0, 0.1) is 11.8 Å². The van der Waals surface area contributed by atoms with Gasteiger partial charge < -0.3 is 9.15 Å². The highest BCUT2D eigenvalue weighted by Gasteiger charge is 2.31. The molecule has 0 radical (unpaired) electrons. The van der Waals surface area contributed by atoms with E-state index in [1.54, 1.807) is 18.2 Å². The van der Waals surface area contributed by atoms with Gasteiger partial charge in [0.2, 0.25) is 10.0 Å². The molecule has 0 aliphatic carbocycles. The molecule has 1 amide bonds. The van der Waals surface area contributed by atoms with Crippen molar-refractivity contribution in [3.63, 3.8) is 0 Å². The minimum Gasteiger partial charge on any atom is -0.496 e. The Morgan fingerprint density at radius 2 is 1.73 bits per heavy atom. The van der Waals surface area contributed by atoms with Crippen LogP contribution in [0.5, 0.6) is 5.75 Å². The van der Waals surface area contributed by atoms with Crippen LogP contribution in [0.1, 0.15) is 30.6 Å². The summed E-state index contributed by atoms with van der Waals surface area (Å²) in [7, 11) is -2.08. The lowest BCUT2D eigenvalue weighted by molar-refractivity contribution is 0.102. The largest absolute Gasteiger partial charge is 0.496 e. The van der Waals surface area contributed by atoms with Gasteiger partial charge in [0.15, 0.2) is 0 Å². The Morgan fingerprint density at radius 1 is 1.06 bits per heavy atom. The van der Waals surface area contributed by atoms with Gasteiger partial charge >= 0.3 is 6.01 Å². The number of nitrogens with zero attached hydrogens (tertiary/aromatic N) is 3. The van der Waals surface area contributed by atoms with E-state index < -0.39 is 15.9 Å². The topological polar surface area (TPSA) is 115 Å². The van der Waals surface area contributed by atoms with Crippen LogP contribution in [0.15, 0.2) is 57.8 Å². The average Bonchev–Trinajstić information content (AvgIpc) is 3.26. The minimum atomic E-state index is -3.61. The van der Waals surface area contributed by atoms with Crippen molar-refractivity contribution in [2.75, 3.05) is 25.5 Å². The molecule has 33 heavy (non-hydrogen) atoms. The highest BCUT2D eigenvalue weighted by Crippen LogP contribution is 2.30. The van der Waals surface area contributed by atoms with Crippen molar-refractivity contribution in [3.8, 4) is 17.2 Å². The molecular weight excluding hydrogens is 444 g/mol. The molecule has 2 atom stereocenters. The second-order valence-corrected chi connectivity index (χ2v) is 10.3. The molecule has 9 nitrogen and oxygen atoms in total. The number of anilines is 1. The Labute approximate surface area is 192 Å². The van der Waals surface area contributed by atoms with Crippen LogP contribution in [-0.2, 0) is 10.0 Å². The number of hydrogen-bond donors (Lipinski definition) is 1. The Morgan fingerprint density at radius 3 is 2.39 bits per heavy atom. The number of methoxy groups -OCH3 is 1. The van der Waals surface area contributed by atoms with Crippen molar-refractivity contribution in [1.82, 2.24) is 14.5 Å². The maximum absolute atomic E-state index is 13.0. The summed E-state index contributed by atoms with van der Waals surface area (Å²) in [5.41, 5.74) is 0.871. The van der Waals surface area contributed by atoms with Crippen molar-refractivity contribution < 1.29 is 22.4 Å². The number of benzene rings is 2. The first-order chi connectivity index (χ1) is 15.8. The van der Waals surface area contributed by atoms with Gasteiger partial charge in [0, 0.05) is 18.7 Å². The molecule has 1 aliphatic heterocycles. The predicted octanol–water partition coefficient (Wildman–Crippen LogP) is 3.66. The molecule has 1 aromatic heterocycles.